The van der Waals surface area contributed by atoms with Crippen LogP contribution < -0.4 is 15.4 Å². The number of benzene rings is 2. The molecule has 2 amide bonds. The quantitative estimate of drug-likeness (QED) is 0.734. The average molecular weight is 429 g/mol. The summed E-state index contributed by atoms with van der Waals surface area (Å²) < 4.78 is 45.8. The van der Waals surface area contributed by atoms with Crippen LogP contribution in [0.5, 0.6) is 5.75 Å². The van der Waals surface area contributed by atoms with E-state index in [2.05, 4.69) is 15.4 Å². The molecule has 1 aliphatic heterocycles. The molecule has 2 atom stereocenters. The van der Waals surface area contributed by atoms with Gasteiger partial charge in [-0.1, -0.05) is 35.9 Å². The first kappa shape index (κ1) is 20.8. The minimum atomic E-state index is -4.79. The van der Waals surface area contributed by atoms with E-state index in [4.69, 9.17) is 16.3 Å². The lowest BCUT2D eigenvalue weighted by Crippen LogP contribution is -2.39. The molecule has 0 aromatic heterocycles. The summed E-state index contributed by atoms with van der Waals surface area (Å²) in [7, 11) is 0. The topological polar surface area (TPSA) is 76.7 Å². The van der Waals surface area contributed by atoms with Crippen LogP contribution in [0.2, 0.25) is 5.02 Å². The van der Waals surface area contributed by atoms with Crippen molar-refractivity contribution in [3.63, 3.8) is 0 Å². The van der Waals surface area contributed by atoms with Gasteiger partial charge in [-0.3, -0.25) is 4.79 Å². The van der Waals surface area contributed by atoms with Gasteiger partial charge in [0.15, 0.2) is 6.10 Å². The lowest BCUT2D eigenvalue weighted by atomic mass is 9.98. The summed E-state index contributed by atoms with van der Waals surface area (Å²) in [6.07, 6.45) is -6.12. The van der Waals surface area contributed by atoms with Crippen molar-refractivity contribution in [1.29, 1.82) is 0 Å². The molecule has 2 aromatic carbocycles. The van der Waals surface area contributed by atoms with E-state index >= 15 is 0 Å². The summed E-state index contributed by atoms with van der Waals surface area (Å²) in [5.41, 5.74) is 1.40. The average Bonchev–Trinajstić information content (AvgIpc) is 3.09. The Labute approximate surface area is 168 Å². The van der Waals surface area contributed by atoms with Crippen molar-refractivity contribution in [2.45, 2.75) is 24.9 Å². The number of hydrogen-bond acceptors (Lipinski definition) is 4. The van der Waals surface area contributed by atoms with Gasteiger partial charge in [-0.25, -0.2) is 4.79 Å². The van der Waals surface area contributed by atoms with Gasteiger partial charge in [0.2, 0.25) is 0 Å². The number of ether oxygens (including phenoxy) is 2. The molecule has 2 unspecified atom stereocenters. The molecule has 1 fully saturated rings. The van der Waals surface area contributed by atoms with Crippen LogP contribution in [0.1, 0.15) is 17.2 Å². The van der Waals surface area contributed by atoms with Gasteiger partial charge in [-0.2, -0.15) is 0 Å². The largest absolute Gasteiger partial charge is 0.573 e. The number of nitrogens with one attached hydrogen (secondary N) is 2. The number of alkyl halides is 3. The summed E-state index contributed by atoms with van der Waals surface area (Å²) >= 11 is 5.89. The van der Waals surface area contributed by atoms with Crippen molar-refractivity contribution >= 4 is 23.6 Å². The summed E-state index contributed by atoms with van der Waals surface area (Å²) in [5, 5.41) is 5.71. The molecule has 0 aliphatic carbocycles. The third kappa shape index (κ3) is 6.02. The Morgan fingerprint density at radius 2 is 1.86 bits per heavy atom. The molecule has 1 saturated heterocycles. The normalized spacial score (nSPS) is 17.2. The molecule has 1 aliphatic rings. The second-order valence-electron chi connectivity index (χ2n) is 6.28. The number of cyclic esters (lactones) is 1. The molecule has 2 N–H and O–H groups in total. The zero-order valence-electron chi connectivity index (χ0n) is 14.8. The first-order valence-electron chi connectivity index (χ1n) is 8.54. The van der Waals surface area contributed by atoms with Crippen LogP contribution in [0.4, 0.5) is 18.0 Å². The minimum Gasteiger partial charge on any atom is -0.434 e. The second kappa shape index (κ2) is 8.60. The van der Waals surface area contributed by atoms with Crippen LogP contribution in [0.25, 0.3) is 0 Å². The van der Waals surface area contributed by atoms with E-state index in [1.807, 2.05) is 0 Å². The lowest BCUT2D eigenvalue weighted by molar-refractivity contribution is -0.274. The molecule has 29 heavy (non-hydrogen) atoms. The maximum atomic E-state index is 12.5. The van der Waals surface area contributed by atoms with E-state index in [-0.39, 0.29) is 12.3 Å². The van der Waals surface area contributed by atoms with Crippen molar-refractivity contribution < 1.29 is 32.2 Å². The Kier molecular flexibility index (Phi) is 6.17. The predicted octanol–water partition coefficient (Wildman–Crippen LogP) is 3.75. The summed E-state index contributed by atoms with van der Waals surface area (Å²) in [4.78, 5) is 23.6. The Balaban J connectivity index is 1.78. The number of halogens is 4. The summed E-state index contributed by atoms with van der Waals surface area (Å²) in [6, 6.07) is 11.6. The van der Waals surface area contributed by atoms with Crippen LogP contribution in [0.3, 0.4) is 0 Å². The Morgan fingerprint density at radius 3 is 2.41 bits per heavy atom. The molecule has 3 rings (SSSR count). The number of alkyl carbamates (subject to hydrolysis) is 1. The smallest absolute Gasteiger partial charge is 0.434 e. The van der Waals surface area contributed by atoms with Crippen LogP contribution >= 0.6 is 11.6 Å². The van der Waals surface area contributed by atoms with E-state index in [1.165, 1.54) is 24.3 Å². The van der Waals surface area contributed by atoms with Gasteiger partial charge >= 0.3 is 12.5 Å². The SMILES string of the molecule is O=C1NCC(C(=O)NC(Cc2ccc(Cl)cc2)c2ccc(OC(F)(F)F)cc2)O1. The van der Waals surface area contributed by atoms with Gasteiger partial charge < -0.3 is 20.1 Å². The van der Waals surface area contributed by atoms with Crippen molar-refractivity contribution in [2.24, 2.45) is 0 Å². The van der Waals surface area contributed by atoms with Crippen LogP contribution in [-0.2, 0) is 16.0 Å². The van der Waals surface area contributed by atoms with E-state index in [0.717, 1.165) is 5.56 Å². The lowest BCUT2D eigenvalue weighted by Gasteiger charge is -2.21. The zero-order chi connectivity index (χ0) is 21.0. The van der Waals surface area contributed by atoms with E-state index in [0.29, 0.717) is 17.0 Å². The third-order valence-electron chi connectivity index (χ3n) is 4.16. The Bertz CT molecular complexity index is 873. The molecule has 1 heterocycles. The minimum absolute atomic E-state index is 0.0384. The maximum Gasteiger partial charge on any atom is 0.573 e. The summed E-state index contributed by atoms with van der Waals surface area (Å²) in [5.74, 6) is -0.885. The van der Waals surface area contributed by atoms with Crippen LogP contribution in [0.15, 0.2) is 48.5 Å². The van der Waals surface area contributed by atoms with Gasteiger partial charge in [-0.05, 0) is 41.8 Å². The number of carbonyl (C=O) groups is 2. The van der Waals surface area contributed by atoms with Crippen molar-refractivity contribution in [1.82, 2.24) is 10.6 Å². The molecule has 0 spiro atoms. The predicted molar refractivity (Wildman–Crippen MR) is 97.4 cm³/mol. The van der Waals surface area contributed by atoms with Crippen LogP contribution in [0, 0.1) is 0 Å². The molecule has 6 nitrogen and oxygen atoms in total. The molecule has 2 aromatic rings. The number of hydrogen-bond donors (Lipinski definition) is 2. The maximum absolute atomic E-state index is 12.5. The van der Waals surface area contributed by atoms with Gasteiger partial charge in [0.1, 0.15) is 5.75 Å². The molecule has 10 heteroatoms. The van der Waals surface area contributed by atoms with E-state index in [1.54, 1.807) is 24.3 Å². The first-order valence-corrected chi connectivity index (χ1v) is 8.92. The summed E-state index contributed by atoms with van der Waals surface area (Å²) in [6.45, 7) is 0.0384. The highest BCUT2D eigenvalue weighted by Crippen LogP contribution is 2.26. The van der Waals surface area contributed by atoms with Crippen LogP contribution in [-0.4, -0.2) is 31.0 Å². The molecular weight excluding hydrogens is 413 g/mol. The monoisotopic (exact) mass is 428 g/mol. The molecule has 0 bridgehead atoms. The van der Waals surface area contributed by atoms with Crippen molar-refractivity contribution in [3.8, 4) is 5.75 Å². The highest BCUT2D eigenvalue weighted by molar-refractivity contribution is 6.30. The first-order chi connectivity index (χ1) is 13.7. The fraction of sp³-hybridized carbons (Fsp3) is 0.263. The van der Waals surface area contributed by atoms with Gasteiger partial charge in [0, 0.05) is 5.02 Å². The van der Waals surface area contributed by atoms with E-state index in [9.17, 15) is 22.8 Å². The number of rotatable bonds is 6. The highest BCUT2D eigenvalue weighted by Gasteiger charge is 2.32. The Morgan fingerprint density at radius 1 is 1.21 bits per heavy atom. The van der Waals surface area contributed by atoms with Gasteiger partial charge in [-0.15, -0.1) is 13.2 Å². The fourth-order valence-electron chi connectivity index (χ4n) is 2.81. The van der Waals surface area contributed by atoms with Crippen molar-refractivity contribution in [2.75, 3.05) is 6.54 Å². The molecule has 0 saturated carbocycles. The molecule has 0 radical (unpaired) electrons. The fourth-order valence-corrected chi connectivity index (χ4v) is 2.94. The third-order valence-corrected chi connectivity index (χ3v) is 4.41. The van der Waals surface area contributed by atoms with Crippen molar-refractivity contribution in [3.05, 3.63) is 64.7 Å². The highest BCUT2D eigenvalue weighted by atomic mass is 35.5. The van der Waals surface area contributed by atoms with Gasteiger partial charge in [0.25, 0.3) is 5.91 Å². The second-order valence-corrected chi connectivity index (χ2v) is 6.72. The number of carbonyl (C=O) groups excluding carboxylic acids is 2. The van der Waals surface area contributed by atoms with Gasteiger partial charge in [0.05, 0.1) is 12.6 Å². The molecular formula is C19H16ClF3N2O4. The standard InChI is InChI=1S/C19H16ClF3N2O4/c20-13-5-1-11(2-6-13)9-15(25-17(26)16-10-24-18(27)28-16)12-3-7-14(8-4-12)29-19(21,22)23/h1-8,15-16H,9-10H2,(H,24,27)(H,25,26). The zero-order valence-corrected chi connectivity index (χ0v) is 15.6. The Hall–Kier alpha value is -2.94. The van der Waals surface area contributed by atoms with E-state index < -0.39 is 30.5 Å². The molecule has 154 valence electrons. The number of amides is 2.